The van der Waals surface area contributed by atoms with Crippen molar-refractivity contribution < 1.29 is 9.47 Å². The van der Waals surface area contributed by atoms with Crippen LogP contribution < -0.4 is 9.47 Å². The van der Waals surface area contributed by atoms with Crippen LogP contribution in [0.1, 0.15) is 47.9 Å². The molecule has 28 heavy (non-hydrogen) atoms. The molecule has 3 heterocycles. The Morgan fingerprint density at radius 1 is 1.07 bits per heavy atom. The summed E-state index contributed by atoms with van der Waals surface area (Å²) < 4.78 is 10.8. The van der Waals surface area contributed by atoms with Gasteiger partial charge in [0.25, 0.3) is 0 Å². The van der Waals surface area contributed by atoms with E-state index in [-0.39, 0.29) is 0 Å². The predicted octanol–water partition coefficient (Wildman–Crippen LogP) is 3.21. The second kappa shape index (κ2) is 8.45. The highest BCUT2D eigenvalue weighted by molar-refractivity contribution is 5.38. The highest BCUT2D eigenvalue weighted by atomic mass is 16.5. The van der Waals surface area contributed by atoms with Gasteiger partial charge in [-0.3, -0.25) is 9.80 Å². The lowest BCUT2D eigenvalue weighted by Crippen LogP contribution is -2.33. The first-order valence-corrected chi connectivity index (χ1v) is 10.2. The molecule has 0 saturated carbocycles. The van der Waals surface area contributed by atoms with Crippen molar-refractivity contribution in [2.24, 2.45) is 0 Å². The Bertz CT molecular complexity index is 804. The highest BCUT2D eigenvalue weighted by Crippen LogP contribution is 2.29. The van der Waals surface area contributed by atoms with Crippen LogP contribution in [0.5, 0.6) is 11.5 Å². The lowest BCUT2D eigenvalue weighted by Gasteiger charge is -2.33. The van der Waals surface area contributed by atoms with Crippen LogP contribution in [-0.2, 0) is 19.5 Å². The SMILES string of the molecule is COc1cc(CN2CCc3nc([C@H]4CCCCN4C)ncc3C2)cc(OC)c1. The third-order valence-electron chi connectivity index (χ3n) is 5.92. The van der Waals surface area contributed by atoms with E-state index in [1.54, 1.807) is 14.2 Å². The maximum atomic E-state index is 5.40. The van der Waals surface area contributed by atoms with Gasteiger partial charge in [-0.2, -0.15) is 0 Å². The van der Waals surface area contributed by atoms with Gasteiger partial charge in [0.15, 0.2) is 0 Å². The quantitative estimate of drug-likeness (QED) is 0.792. The molecule has 0 unspecified atom stereocenters. The first-order chi connectivity index (χ1) is 13.7. The molecule has 6 heteroatoms. The zero-order valence-electron chi connectivity index (χ0n) is 17.1. The minimum absolute atomic E-state index is 0.376. The Labute approximate surface area is 167 Å². The molecule has 150 valence electrons. The van der Waals surface area contributed by atoms with Crippen molar-refractivity contribution in [3.63, 3.8) is 0 Å². The summed E-state index contributed by atoms with van der Waals surface area (Å²) in [4.78, 5) is 14.5. The minimum Gasteiger partial charge on any atom is -0.497 e. The summed E-state index contributed by atoms with van der Waals surface area (Å²) in [6.07, 6.45) is 6.75. The number of piperidine rings is 1. The fraction of sp³-hybridized carbons (Fsp3) is 0.545. The summed E-state index contributed by atoms with van der Waals surface area (Å²) in [5.74, 6) is 2.67. The van der Waals surface area contributed by atoms with Crippen molar-refractivity contribution in [2.75, 3.05) is 34.4 Å². The Morgan fingerprint density at radius 2 is 1.86 bits per heavy atom. The van der Waals surface area contributed by atoms with E-state index in [2.05, 4.69) is 35.2 Å². The number of fused-ring (bicyclic) bond motifs is 1. The van der Waals surface area contributed by atoms with E-state index in [0.29, 0.717) is 6.04 Å². The van der Waals surface area contributed by atoms with Crippen molar-refractivity contribution in [2.45, 2.75) is 44.8 Å². The smallest absolute Gasteiger partial charge is 0.145 e. The van der Waals surface area contributed by atoms with Crippen molar-refractivity contribution in [1.82, 2.24) is 19.8 Å². The van der Waals surface area contributed by atoms with E-state index in [9.17, 15) is 0 Å². The average Bonchev–Trinajstić information content (AvgIpc) is 2.73. The molecule has 0 radical (unpaired) electrons. The van der Waals surface area contributed by atoms with Crippen LogP contribution in [0.25, 0.3) is 0 Å². The number of aromatic nitrogens is 2. The fourth-order valence-corrected chi connectivity index (χ4v) is 4.30. The minimum atomic E-state index is 0.376. The largest absolute Gasteiger partial charge is 0.497 e. The van der Waals surface area contributed by atoms with Gasteiger partial charge in [0.1, 0.15) is 17.3 Å². The fourth-order valence-electron chi connectivity index (χ4n) is 4.30. The summed E-state index contributed by atoms with van der Waals surface area (Å²) in [5, 5.41) is 0. The van der Waals surface area contributed by atoms with Gasteiger partial charge in [-0.1, -0.05) is 6.42 Å². The Kier molecular flexibility index (Phi) is 5.78. The molecule has 1 aromatic carbocycles. The van der Waals surface area contributed by atoms with Crippen LogP contribution >= 0.6 is 0 Å². The molecule has 1 saturated heterocycles. The van der Waals surface area contributed by atoms with Crippen LogP contribution in [0, 0.1) is 0 Å². The van der Waals surface area contributed by atoms with Gasteiger partial charge in [0.2, 0.25) is 0 Å². The third kappa shape index (κ3) is 4.13. The molecule has 0 N–H and O–H groups in total. The number of hydrogen-bond acceptors (Lipinski definition) is 6. The maximum Gasteiger partial charge on any atom is 0.145 e. The topological polar surface area (TPSA) is 50.7 Å². The van der Waals surface area contributed by atoms with Gasteiger partial charge >= 0.3 is 0 Å². The van der Waals surface area contributed by atoms with Gasteiger partial charge in [-0.15, -0.1) is 0 Å². The van der Waals surface area contributed by atoms with Gasteiger partial charge in [-0.25, -0.2) is 9.97 Å². The van der Waals surface area contributed by atoms with Crippen LogP contribution in [-0.4, -0.2) is 54.1 Å². The molecule has 0 aliphatic carbocycles. The summed E-state index contributed by atoms with van der Waals surface area (Å²) in [5.41, 5.74) is 3.67. The molecule has 2 aromatic rings. The summed E-state index contributed by atoms with van der Waals surface area (Å²) in [7, 11) is 5.57. The van der Waals surface area contributed by atoms with E-state index in [1.165, 1.54) is 36.1 Å². The van der Waals surface area contributed by atoms with E-state index in [0.717, 1.165) is 49.9 Å². The molecule has 2 aliphatic rings. The summed E-state index contributed by atoms with van der Waals surface area (Å²) in [6, 6.07) is 6.45. The average molecular weight is 383 g/mol. The van der Waals surface area contributed by atoms with E-state index < -0.39 is 0 Å². The molecular formula is C22H30N4O2. The van der Waals surface area contributed by atoms with Crippen LogP contribution in [0.3, 0.4) is 0 Å². The normalized spacial score (nSPS) is 20.6. The molecule has 4 rings (SSSR count). The Morgan fingerprint density at radius 3 is 2.57 bits per heavy atom. The Hall–Kier alpha value is -2.18. The van der Waals surface area contributed by atoms with Crippen molar-refractivity contribution in [3.05, 3.63) is 47.0 Å². The molecule has 0 bridgehead atoms. The lowest BCUT2D eigenvalue weighted by molar-refractivity contribution is 0.178. The van der Waals surface area contributed by atoms with E-state index in [4.69, 9.17) is 19.4 Å². The lowest BCUT2D eigenvalue weighted by atomic mass is 10.0. The number of benzene rings is 1. The summed E-state index contributed by atoms with van der Waals surface area (Å²) in [6.45, 7) is 3.89. The van der Waals surface area contributed by atoms with Crippen LogP contribution in [0.2, 0.25) is 0 Å². The zero-order valence-corrected chi connectivity index (χ0v) is 17.1. The van der Waals surface area contributed by atoms with Crippen molar-refractivity contribution >= 4 is 0 Å². The molecule has 1 atom stereocenters. The first kappa shape index (κ1) is 19.2. The molecule has 6 nitrogen and oxygen atoms in total. The number of rotatable bonds is 5. The highest BCUT2D eigenvalue weighted by Gasteiger charge is 2.25. The number of methoxy groups -OCH3 is 2. The number of nitrogens with zero attached hydrogens (tertiary/aromatic N) is 4. The molecule has 1 fully saturated rings. The van der Waals surface area contributed by atoms with Gasteiger partial charge < -0.3 is 9.47 Å². The number of ether oxygens (including phenoxy) is 2. The van der Waals surface area contributed by atoms with E-state index in [1.807, 2.05) is 6.07 Å². The van der Waals surface area contributed by atoms with Gasteiger partial charge in [-0.05, 0) is 44.1 Å². The monoisotopic (exact) mass is 382 g/mol. The third-order valence-corrected chi connectivity index (χ3v) is 5.92. The summed E-state index contributed by atoms with van der Waals surface area (Å²) >= 11 is 0. The first-order valence-electron chi connectivity index (χ1n) is 10.2. The van der Waals surface area contributed by atoms with Gasteiger partial charge in [0, 0.05) is 49.6 Å². The molecule has 0 amide bonds. The van der Waals surface area contributed by atoms with E-state index >= 15 is 0 Å². The second-order valence-corrected chi connectivity index (χ2v) is 7.87. The molecule has 2 aliphatic heterocycles. The van der Waals surface area contributed by atoms with Crippen LogP contribution in [0.4, 0.5) is 0 Å². The molecular weight excluding hydrogens is 352 g/mol. The second-order valence-electron chi connectivity index (χ2n) is 7.87. The van der Waals surface area contributed by atoms with Crippen molar-refractivity contribution in [1.29, 1.82) is 0 Å². The predicted molar refractivity (Wildman–Crippen MR) is 109 cm³/mol. The molecule has 1 aromatic heterocycles. The van der Waals surface area contributed by atoms with Crippen molar-refractivity contribution in [3.8, 4) is 11.5 Å². The number of likely N-dealkylation sites (tertiary alicyclic amines) is 1. The van der Waals surface area contributed by atoms with Crippen LogP contribution in [0.15, 0.2) is 24.4 Å². The maximum absolute atomic E-state index is 5.40. The zero-order chi connectivity index (χ0) is 19.5. The molecule has 0 spiro atoms. The van der Waals surface area contributed by atoms with Gasteiger partial charge in [0.05, 0.1) is 20.3 Å². The number of hydrogen-bond donors (Lipinski definition) is 0. The Balaban J connectivity index is 1.47. The standard InChI is InChI=1S/C22H30N4O2/c1-25-8-5-4-6-21(25)22-23-13-17-15-26(9-7-20(17)24-22)14-16-10-18(27-2)12-19(11-16)28-3/h10-13,21H,4-9,14-15H2,1-3H3/t21-/m1/s1.